The van der Waals surface area contributed by atoms with Gasteiger partial charge in [-0.15, -0.1) is 0 Å². The molecule has 0 spiro atoms. The van der Waals surface area contributed by atoms with Gasteiger partial charge in [-0.25, -0.2) is 8.42 Å². The quantitative estimate of drug-likeness (QED) is 0.459. The molecule has 0 radical (unpaired) electrons. The van der Waals surface area contributed by atoms with Crippen LogP contribution < -0.4 is 9.47 Å². The highest BCUT2D eigenvalue weighted by atomic mass is 32.2. The maximum Gasteiger partial charge on any atom is 0.272 e. The summed E-state index contributed by atoms with van der Waals surface area (Å²) in [5.41, 5.74) is 1.60. The van der Waals surface area contributed by atoms with Crippen LogP contribution in [0.4, 0.5) is 0 Å². The molecule has 3 atom stereocenters. The summed E-state index contributed by atoms with van der Waals surface area (Å²) in [6, 6.07) is 16.5. The predicted octanol–water partition coefficient (Wildman–Crippen LogP) is 3.03. The van der Waals surface area contributed by atoms with Gasteiger partial charge in [0.2, 0.25) is 10.0 Å². The highest BCUT2D eigenvalue weighted by molar-refractivity contribution is 7.89. The predicted molar refractivity (Wildman–Crippen MR) is 151 cm³/mol. The average Bonchev–Trinajstić information content (AvgIpc) is 2.97. The smallest absolute Gasteiger partial charge is 0.272 e. The van der Waals surface area contributed by atoms with E-state index in [1.165, 1.54) is 15.3 Å². The highest BCUT2D eigenvalue weighted by Crippen LogP contribution is 2.34. The van der Waals surface area contributed by atoms with E-state index in [9.17, 15) is 18.3 Å². The molecule has 40 heavy (non-hydrogen) atoms. The fourth-order valence-electron chi connectivity index (χ4n) is 4.40. The molecule has 3 aromatic rings. The number of fused-ring (bicyclic) bond motifs is 1. The molecule has 0 aliphatic carbocycles. The topological polar surface area (TPSA) is 109 Å². The molecule has 1 aromatic heterocycles. The molecule has 1 N–H and O–H groups in total. The lowest BCUT2D eigenvalue weighted by Gasteiger charge is -2.37. The summed E-state index contributed by atoms with van der Waals surface area (Å²) in [7, 11) is -0.755. The number of amides is 1. The third kappa shape index (κ3) is 6.45. The number of nitrogens with zero attached hydrogens (tertiary/aromatic N) is 3. The van der Waals surface area contributed by atoms with E-state index < -0.39 is 22.2 Å². The first-order chi connectivity index (χ1) is 19.1. The molecule has 2 aromatic carbocycles. The lowest BCUT2D eigenvalue weighted by atomic mass is 10.0. The number of aliphatic hydroxyl groups is 1. The van der Waals surface area contributed by atoms with E-state index in [0.29, 0.717) is 17.0 Å². The largest absolute Gasteiger partial charge is 0.497 e. The zero-order valence-electron chi connectivity index (χ0n) is 22.9. The number of ether oxygens (including phenoxy) is 2. The summed E-state index contributed by atoms with van der Waals surface area (Å²) < 4.78 is 40.4. The monoisotopic (exact) mass is 563 g/mol. The van der Waals surface area contributed by atoms with E-state index in [-0.39, 0.29) is 42.2 Å². The van der Waals surface area contributed by atoms with Crippen molar-refractivity contribution in [2.75, 3.05) is 33.9 Å². The first-order valence-electron chi connectivity index (χ1n) is 12.9. The fourth-order valence-corrected chi connectivity index (χ4v) is 6.23. The van der Waals surface area contributed by atoms with E-state index in [1.807, 2.05) is 31.2 Å². The van der Waals surface area contributed by atoms with Crippen LogP contribution in [0.5, 0.6) is 11.5 Å². The summed E-state index contributed by atoms with van der Waals surface area (Å²) in [4.78, 5) is 18.7. The van der Waals surface area contributed by atoms with Crippen molar-refractivity contribution in [3.05, 3.63) is 83.7 Å². The van der Waals surface area contributed by atoms with E-state index in [1.54, 1.807) is 57.6 Å². The normalized spacial score (nSPS) is 19.0. The standard InChI is InChI=1S/C30H33N3O6S/c1-21-18-33(22(2)20-34)40(36,37)29-14-13-24(12-11-23-8-7-9-25(16-23)38-4)17-27(29)39-28(21)19-32(3)30(35)26-10-5-6-15-31-26/h5-10,13-17,21-22,28,34H,18-20H2,1-4H3/t21-,22+,28+/m0/s1. The Hall–Kier alpha value is -3.91. The van der Waals surface area contributed by atoms with Crippen LogP contribution in [0.2, 0.25) is 0 Å². The summed E-state index contributed by atoms with van der Waals surface area (Å²) in [6.07, 6.45) is 1.00. The molecule has 1 amide bonds. The third-order valence-electron chi connectivity index (χ3n) is 6.77. The van der Waals surface area contributed by atoms with Crippen LogP contribution in [-0.2, 0) is 10.0 Å². The number of pyridine rings is 1. The summed E-state index contributed by atoms with van der Waals surface area (Å²) in [5, 5.41) is 9.86. The molecule has 0 unspecified atom stereocenters. The van der Waals surface area contributed by atoms with Gasteiger partial charge >= 0.3 is 0 Å². The van der Waals surface area contributed by atoms with E-state index in [0.717, 1.165) is 5.56 Å². The van der Waals surface area contributed by atoms with Gasteiger partial charge in [-0.05, 0) is 55.5 Å². The van der Waals surface area contributed by atoms with Gasteiger partial charge in [-0.3, -0.25) is 9.78 Å². The molecule has 0 fully saturated rings. The van der Waals surface area contributed by atoms with Gasteiger partial charge in [-0.1, -0.05) is 30.9 Å². The van der Waals surface area contributed by atoms with Gasteiger partial charge in [0.1, 0.15) is 28.2 Å². The van der Waals surface area contributed by atoms with Crippen LogP contribution in [0, 0.1) is 17.8 Å². The SMILES string of the molecule is COc1cccc(C#Cc2ccc3c(c2)O[C@H](CN(C)C(=O)c2ccccn2)[C@@H](C)CN([C@H](C)CO)S3(=O)=O)c1. The molecule has 0 saturated heterocycles. The molecule has 0 saturated carbocycles. The second-order valence-corrected chi connectivity index (χ2v) is 11.6. The van der Waals surface area contributed by atoms with Crippen molar-refractivity contribution in [1.29, 1.82) is 0 Å². The first kappa shape index (κ1) is 29.1. The number of methoxy groups -OCH3 is 1. The summed E-state index contributed by atoms with van der Waals surface area (Å²) >= 11 is 0. The Labute approximate surface area is 235 Å². The number of carbonyl (C=O) groups is 1. The van der Waals surface area contributed by atoms with Gasteiger partial charge in [0.05, 0.1) is 20.3 Å². The zero-order chi connectivity index (χ0) is 28.9. The average molecular weight is 564 g/mol. The molecule has 4 rings (SSSR count). The number of aliphatic hydroxyl groups excluding tert-OH is 1. The van der Waals surface area contributed by atoms with Crippen molar-refractivity contribution in [3.63, 3.8) is 0 Å². The van der Waals surface area contributed by atoms with E-state index in [2.05, 4.69) is 16.8 Å². The Morgan fingerprint density at radius 3 is 2.60 bits per heavy atom. The number of carbonyl (C=O) groups excluding carboxylic acids is 1. The number of sulfonamides is 1. The van der Waals surface area contributed by atoms with E-state index >= 15 is 0 Å². The van der Waals surface area contributed by atoms with Crippen LogP contribution in [0.25, 0.3) is 0 Å². The molecule has 1 aliphatic rings. The molecule has 9 nitrogen and oxygen atoms in total. The van der Waals surface area contributed by atoms with Crippen molar-refractivity contribution < 1.29 is 27.8 Å². The zero-order valence-corrected chi connectivity index (χ0v) is 23.8. The Morgan fingerprint density at radius 2 is 1.93 bits per heavy atom. The minimum absolute atomic E-state index is 0.0182. The molecular weight excluding hydrogens is 530 g/mol. The van der Waals surface area contributed by atoms with Crippen LogP contribution in [-0.4, -0.2) is 79.6 Å². The maximum atomic E-state index is 13.7. The number of likely N-dealkylation sites (N-methyl/N-ethyl adjacent to an activating group) is 1. The summed E-state index contributed by atoms with van der Waals surface area (Å²) in [6.45, 7) is 3.49. The van der Waals surface area contributed by atoms with Crippen molar-refractivity contribution in [1.82, 2.24) is 14.2 Å². The van der Waals surface area contributed by atoms with Crippen LogP contribution in [0.3, 0.4) is 0 Å². The lowest BCUT2D eigenvalue weighted by molar-refractivity contribution is 0.0559. The molecular formula is C30H33N3O6S. The highest BCUT2D eigenvalue weighted by Gasteiger charge is 2.38. The van der Waals surface area contributed by atoms with Crippen molar-refractivity contribution in [3.8, 4) is 23.3 Å². The number of benzene rings is 2. The summed E-state index contributed by atoms with van der Waals surface area (Å²) in [5.74, 6) is 6.38. The number of hydrogen-bond donors (Lipinski definition) is 1. The molecule has 10 heteroatoms. The third-order valence-corrected chi connectivity index (χ3v) is 8.79. The number of rotatable bonds is 6. The van der Waals surface area contributed by atoms with Gasteiger partial charge < -0.3 is 19.5 Å². The maximum absolute atomic E-state index is 13.7. The van der Waals surface area contributed by atoms with Crippen LogP contribution >= 0.6 is 0 Å². The first-order valence-corrected chi connectivity index (χ1v) is 14.3. The molecule has 2 heterocycles. The second-order valence-electron chi connectivity index (χ2n) is 9.78. The van der Waals surface area contributed by atoms with Crippen LogP contribution in [0.15, 0.2) is 71.8 Å². The van der Waals surface area contributed by atoms with Crippen molar-refractivity contribution in [2.24, 2.45) is 5.92 Å². The van der Waals surface area contributed by atoms with E-state index in [4.69, 9.17) is 9.47 Å². The fraction of sp³-hybridized carbons (Fsp3) is 0.333. The van der Waals surface area contributed by atoms with Gasteiger partial charge in [0.25, 0.3) is 5.91 Å². The van der Waals surface area contributed by atoms with Crippen LogP contribution in [0.1, 0.15) is 35.5 Å². The van der Waals surface area contributed by atoms with Crippen molar-refractivity contribution in [2.45, 2.75) is 30.9 Å². The number of aromatic nitrogens is 1. The molecule has 0 bridgehead atoms. The molecule has 1 aliphatic heterocycles. The minimum atomic E-state index is -4.00. The number of hydrogen-bond acceptors (Lipinski definition) is 7. The van der Waals surface area contributed by atoms with Gasteiger partial charge in [0, 0.05) is 42.9 Å². The molecule has 210 valence electrons. The lowest BCUT2D eigenvalue weighted by Crippen LogP contribution is -2.50. The minimum Gasteiger partial charge on any atom is -0.497 e. The Kier molecular flexibility index (Phi) is 9.10. The second kappa shape index (κ2) is 12.5. The Bertz CT molecular complexity index is 1520. The van der Waals surface area contributed by atoms with Crippen molar-refractivity contribution >= 4 is 15.9 Å². The van der Waals surface area contributed by atoms with Gasteiger partial charge in [-0.2, -0.15) is 4.31 Å². The Morgan fingerprint density at radius 1 is 1.18 bits per heavy atom. The van der Waals surface area contributed by atoms with Gasteiger partial charge in [0.15, 0.2) is 0 Å². The Balaban J connectivity index is 1.72.